The molecule has 170 valence electrons. The molecule has 0 aliphatic heterocycles. The van der Waals surface area contributed by atoms with Crippen LogP contribution in [0.4, 0.5) is 17.6 Å². The first-order chi connectivity index (χ1) is 15.8. The van der Waals surface area contributed by atoms with Gasteiger partial charge in [0.2, 0.25) is 0 Å². The minimum Gasteiger partial charge on any atom is -0.206 e. The van der Waals surface area contributed by atoms with Crippen molar-refractivity contribution < 1.29 is 17.6 Å². The molecule has 0 aromatic heterocycles. The van der Waals surface area contributed by atoms with E-state index in [1.54, 1.807) is 6.07 Å². The standard InChI is InChI=1S/C29H26F4/c1-2-20-3-5-21(6-4-20)7-8-23-12-18-27-25(19-23)15-14-24(28(27)30)13-9-22-10-16-26(17-11-22)29(31,32)33/h3-6,10-12,14-19H,2,7-9,13H2,1H3. The molecule has 0 bridgehead atoms. The first kappa shape index (κ1) is 23.0. The lowest BCUT2D eigenvalue weighted by Crippen LogP contribution is -2.04. The van der Waals surface area contributed by atoms with E-state index in [2.05, 4.69) is 31.2 Å². The van der Waals surface area contributed by atoms with Crippen LogP contribution in [-0.2, 0) is 38.3 Å². The van der Waals surface area contributed by atoms with Crippen molar-refractivity contribution in [2.45, 2.75) is 45.2 Å². The Balaban J connectivity index is 1.42. The molecule has 0 nitrogen and oxygen atoms in total. The third-order valence-corrected chi connectivity index (χ3v) is 6.20. The second kappa shape index (κ2) is 9.78. The predicted octanol–water partition coefficient (Wildman–Crippen LogP) is 8.13. The Morgan fingerprint density at radius 3 is 1.79 bits per heavy atom. The number of fused-ring (bicyclic) bond motifs is 1. The van der Waals surface area contributed by atoms with Crippen molar-refractivity contribution in [2.75, 3.05) is 0 Å². The fraction of sp³-hybridized carbons (Fsp3) is 0.241. The van der Waals surface area contributed by atoms with Crippen molar-refractivity contribution in [1.82, 2.24) is 0 Å². The summed E-state index contributed by atoms with van der Waals surface area (Å²) in [5.41, 5.74) is 4.44. The molecule has 33 heavy (non-hydrogen) atoms. The van der Waals surface area contributed by atoms with Gasteiger partial charge in [0.1, 0.15) is 5.82 Å². The van der Waals surface area contributed by atoms with Gasteiger partial charge in [0.05, 0.1) is 5.56 Å². The monoisotopic (exact) mass is 450 g/mol. The van der Waals surface area contributed by atoms with Crippen LogP contribution in [0.3, 0.4) is 0 Å². The molecule has 0 N–H and O–H groups in total. The predicted molar refractivity (Wildman–Crippen MR) is 126 cm³/mol. The summed E-state index contributed by atoms with van der Waals surface area (Å²) < 4.78 is 53.2. The van der Waals surface area contributed by atoms with Gasteiger partial charge in [0.15, 0.2) is 0 Å². The Hall–Kier alpha value is -3.14. The van der Waals surface area contributed by atoms with E-state index in [1.807, 2.05) is 24.3 Å². The third kappa shape index (κ3) is 5.62. The van der Waals surface area contributed by atoms with Gasteiger partial charge in [-0.2, -0.15) is 13.2 Å². The second-order valence-electron chi connectivity index (χ2n) is 8.46. The van der Waals surface area contributed by atoms with E-state index in [9.17, 15) is 13.2 Å². The van der Waals surface area contributed by atoms with Gasteiger partial charge in [-0.15, -0.1) is 0 Å². The quantitative estimate of drug-likeness (QED) is 0.249. The molecular formula is C29H26F4. The highest BCUT2D eigenvalue weighted by Crippen LogP contribution is 2.29. The van der Waals surface area contributed by atoms with Crippen molar-refractivity contribution in [3.05, 3.63) is 118 Å². The highest BCUT2D eigenvalue weighted by molar-refractivity contribution is 5.84. The van der Waals surface area contributed by atoms with Crippen LogP contribution in [0.2, 0.25) is 0 Å². The highest BCUT2D eigenvalue weighted by atomic mass is 19.4. The Morgan fingerprint density at radius 2 is 1.15 bits per heavy atom. The normalized spacial score (nSPS) is 11.8. The Morgan fingerprint density at radius 1 is 0.606 bits per heavy atom. The molecule has 0 amide bonds. The van der Waals surface area contributed by atoms with Crippen molar-refractivity contribution in [3.8, 4) is 0 Å². The molecule has 4 aromatic rings. The van der Waals surface area contributed by atoms with E-state index in [0.29, 0.717) is 23.8 Å². The summed E-state index contributed by atoms with van der Waals surface area (Å²) in [5, 5.41) is 1.44. The maximum atomic E-state index is 15.1. The lowest BCUT2D eigenvalue weighted by atomic mass is 9.97. The van der Waals surface area contributed by atoms with E-state index in [-0.39, 0.29) is 5.82 Å². The number of alkyl halides is 3. The summed E-state index contributed by atoms with van der Waals surface area (Å²) in [7, 11) is 0. The molecule has 4 heteroatoms. The summed E-state index contributed by atoms with van der Waals surface area (Å²) in [6, 6.07) is 23.3. The Labute approximate surface area is 191 Å². The van der Waals surface area contributed by atoms with Gasteiger partial charge < -0.3 is 0 Å². The smallest absolute Gasteiger partial charge is 0.206 e. The van der Waals surface area contributed by atoms with Crippen molar-refractivity contribution in [2.24, 2.45) is 0 Å². The Bertz CT molecular complexity index is 1220. The van der Waals surface area contributed by atoms with E-state index in [1.165, 1.54) is 28.8 Å². The molecule has 4 rings (SSSR count). The first-order valence-corrected chi connectivity index (χ1v) is 11.3. The highest BCUT2D eigenvalue weighted by Gasteiger charge is 2.29. The summed E-state index contributed by atoms with van der Waals surface area (Å²) in [4.78, 5) is 0. The van der Waals surface area contributed by atoms with Gasteiger partial charge >= 0.3 is 6.18 Å². The second-order valence-corrected chi connectivity index (χ2v) is 8.46. The SMILES string of the molecule is CCc1ccc(CCc2ccc3c(F)c(CCc4ccc(C(F)(F)F)cc4)ccc3c2)cc1. The molecule has 4 aromatic carbocycles. The lowest BCUT2D eigenvalue weighted by molar-refractivity contribution is -0.137. The van der Waals surface area contributed by atoms with Gasteiger partial charge in [-0.1, -0.05) is 73.7 Å². The van der Waals surface area contributed by atoms with Crippen molar-refractivity contribution in [1.29, 1.82) is 0 Å². The van der Waals surface area contributed by atoms with Crippen LogP contribution in [0, 0.1) is 5.82 Å². The zero-order chi connectivity index (χ0) is 23.4. The average Bonchev–Trinajstić information content (AvgIpc) is 2.82. The molecule has 0 fully saturated rings. The van der Waals surface area contributed by atoms with Crippen LogP contribution in [0.15, 0.2) is 78.9 Å². The molecule has 0 saturated heterocycles. The molecule has 0 aliphatic rings. The van der Waals surface area contributed by atoms with Crippen LogP contribution in [0.25, 0.3) is 10.8 Å². The van der Waals surface area contributed by atoms with E-state index < -0.39 is 11.7 Å². The average molecular weight is 451 g/mol. The van der Waals surface area contributed by atoms with Gasteiger partial charge in [-0.05, 0) is 77.4 Å². The van der Waals surface area contributed by atoms with Gasteiger partial charge in [0, 0.05) is 5.39 Å². The zero-order valence-electron chi connectivity index (χ0n) is 18.6. The minimum atomic E-state index is -4.35. The van der Waals surface area contributed by atoms with E-state index in [4.69, 9.17) is 0 Å². The largest absolute Gasteiger partial charge is 0.416 e. The number of hydrogen-bond acceptors (Lipinski definition) is 0. The van der Waals surface area contributed by atoms with Crippen LogP contribution in [0.5, 0.6) is 0 Å². The molecular weight excluding hydrogens is 424 g/mol. The Kier molecular flexibility index (Phi) is 6.83. The van der Waals surface area contributed by atoms with Gasteiger partial charge in [-0.25, -0.2) is 4.39 Å². The third-order valence-electron chi connectivity index (χ3n) is 6.20. The lowest BCUT2D eigenvalue weighted by Gasteiger charge is -2.10. The number of halogens is 4. The zero-order valence-corrected chi connectivity index (χ0v) is 18.6. The fourth-order valence-corrected chi connectivity index (χ4v) is 4.10. The number of hydrogen-bond donors (Lipinski definition) is 0. The van der Waals surface area contributed by atoms with Crippen LogP contribution in [-0.4, -0.2) is 0 Å². The van der Waals surface area contributed by atoms with Crippen molar-refractivity contribution in [3.63, 3.8) is 0 Å². The summed E-state index contributed by atoms with van der Waals surface area (Å²) in [6.07, 6.45) is -0.579. The first-order valence-electron chi connectivity index (χ1n) is 11.3. The van der Waals surface area contributed by atoms with E-state index in [0.717, 1.165) is 42.3 Å². The molecule has 0 radical (unpaired) electrons. The molecule has 0 saturated carbocycles. The molecule has 0 atom stereocenters. The van der Waals surface area contributed by atoms with Crippen LogP contribution >= 0.6 is 0 Å². The minimum absolute atomic E-state index is 0.249. The summed E-state index contributed by atoms with van der Waals surface area (Å²) in [6.45, 7) is 2.14. The number of aryl methyl sites for hydroxylation is 5. The van der Waals surface area contributed by atoms with Crippen LogP contribution in [0.1, 0.15) is 40.3 Å². The molecule has 0 unspecified atom stereocenters. The van der Waals surface area contributed by atoms with Crippen molar-refractivity contribution >= 4 is 10.8 Å². The maximum Gasteiger partial charge on any atom is 0.416 e. The number of rotatable bonds is 7. The van der Waals surface area contributed by atoms with Crippen LogP contribution < -0.4 is 0 Å². The summed E-state index contributed by atoms with van der Waals surface area (Å²) in [5.74, 6) is -0.249. The van der Waals surface area contributed by atoms with Gasteiger partial charge in [-0.3, -0.25) is 0 Å². The molecule has 0 heterocycles. The van der Waals surface area contributed by atoms with E-state index >= 15 is 4.39 Å². The molecule has 0 aliphatic carbocycles. The van der Waals surface area contributed by atoms with Gasteiger partial charge in [0.25, 0.3) is 0 Å². The molecule has 0 spiro atoms. The maximum absolute atomic E-state index is 15.1. The number of benzene rings is 4. The fourth-order valence-electron chi connectivity index (χ4n) is 4.10. The summed E-state index contributed by atoms with van der Waals surface area (Å²) >= 11 is 0. The topological polar surface area (TPSA) is 0 Å².